The Bertz CT molecular complexity index is 750. The molecular formula is C18H18F3NO3. The number of ether oxygens (including phenoxy) is 2. The molecule has 0 atom stereocenters. The fourth-order valence-corrected chi connectivity index (χ4v) is 2.32. The zero-order valence-electron chi connectivity index (χ0n) is 13.8. The summed E-state index contributed by atoms with van der Waals surface area (Å²) in [6, 6.07) is 8.63. The number of carbonyl (C=O) groups excluding carboxylic acids is 1. The topological polar surface area (TPSA) is 47.6 Å². The summed E-state index contributed by atoms with van der Waals surface area (Å²) in [4.78, 5) is 12.1. The largest absolute Gasteiger partial charge is 0.493 e. The van der Waals surface area contributed by atoms with Crippen molar-refractivity contribution in [2.24, 2.45) is 0 Å². The van der Waals surface area contributed by atoms with E-state index in [-0.39, 0.29) is 23.6 Å². The molecule has 7 heteroatoms. The molecule has 0 aliphatic heterocycles. The third kappa shape index (κ3) is 5.14. The van der Waals surface area contributed by atoms with Crippen LogP contribution in [-0.4, -0.2) is 26.2 Å². The number of hydrogen-bond acceptors (Lipinski definition) is 3. The van der Waals surface area contributed by atoms with Crippen molar-refractivity contribution in [2.45, 2.75) is 20.0 Å². The Morgan fingerprint density at radius 2 is 1.92 bits per heavy atom. The van der Waals surface area contributed by atoms with Crippen molar-refractivity contribution in [1.29, 1.82) is 0 Å². The lowest BCUT2D eigenvalue weighted by Crippen LogP contribution is -2.26. The van der Waals surface area contributed by atoms with Crippen LogP contribution in [0.25, 0.3) is 0 Å². The van der Waals surface area contributed by atoms with Gasteiger partial charge in [0.25, 0.3) is 5.91 Å². The number of aryl methyl sites for hydroxylation is 1. The molecule has 0 aliphatic carbocycles. The highest BCUT2D eigenvalue weighted by molar-refractivity contribution is 5.95. The zero-order valence-corrected chi connectivity index (χ0v) is 13.8. The lowest BCUT2D eigenvalue weighted by molar-refractivity contribution is -0.0512. The highest BCUT2D eigenvalue weighted by Gasteiger charge is 2.12. The predicted octanol–water partition coefficient (Wildman–Crippen LogP) is 3.72. The number of benzene rings is 2. The minimum absolute atomic E-state index is 0.0673. The Balaban J connectivity index is 1.99. The second-order valence-electron chi connectivity index (χ2n) is 5.33. The number of amides is 1. The first kappa shape index (κ1) is 18.6. The van der Waals surface area contributed by atoms with Crippen molar-refractivity contribution in [1.82, 2.24) is 5.32 Å². The first-order valence-electron chi connectivity index (χ1n) is 7.56. The number of halogens is 3. The Labute approximate surface area is 143 Å². The van der Waals surface area contributed by atoms with Gasteiger partial charge in [-0.1, -0.05) is 12.1 Å². The molecule has 2 rings (SSSR count). The lowest BCUT2D eigenvalue weighted by Gasteiger charge is -2.12. The Kier molecular flexibility index (Phi) is 6.27. The van der Waals surface area contributed by atoms with Gasteiger partial charge in [0, 0.05) is 12.1 Å². The summed E-state index contributed by atoms with van der Waals surface area (Å²) in [6.07, 6.45) is 0.393. The number of methoxy groups -OCH3 is 1. The van der Waals surface area contributed by atoms with Crippen LogP contribution in [0.3, 0.4) is 0 Å². The van der Waals surface area contributed by atoms with E-state index in [0.717, 1.165) is 0 Å². The SMILES string of the molecule is COc1ccc(CCNC(=O)c2cc(F)ccc2C)cc1OC(F)F. The van der Waals surface area contributed by atoms with E-state index in [1.807, 2.05) is 0 Å². The molecule has 0 aromatic heterocycles. The predicted molar refractivity (Wildman–Crippen MR) is 86.8 cm³/mol. The van der Waals surface area contributed by atoms with Gasteiger partial charge >= 0.3 is 6.61 Å². The van der Waals surface area contributed by atoms with Crippen LogP contribution in [0.4, 0.5) is 13.2 Å². The van der Waals surface area contributed by atoms with Gasteiger partial charge in [0.1, 0.15) is 5.82 Å². The van der Waals surface area contributed by atoms with Crippen LogP contribution in [0.15, 0.2) is 36.4 Å². The summed E-state index contributed by atoms with van der Waals surface area (Å²) in [5.74, 6) is -0.750. The van der Waals surface area contributed by atoms with E-state index in [4.69, 9.17) is 4.74 Å². The molecule has 0 radical (unpaired) electrons. The van der Waals surface area contributed by atoms with E-state index in [1.165, 1.54) is 37.4 Å². The Morgan fingerprint density at radius 1 is 1.16 bits per heavy atom. The van der Waals surface area contributed by atoms with E-state index >= 15 is 0 Å². The quantitative estimate of drug-likeness (QED) is 0.825. The summed E-state index contributed by atoms with van der Waals surface area (Å²) >= 11 is 0. The summed E-state index contributed by atoms with van der Waals surface area (Å²) in [7, 11) is 1.36. The van der Waals surface area contributed by atoms with Crippen molar-refractivity contribution in [2.75, 3.05) is 13.7 Å². The first-order valence-corrected chi connectivity index (χ1v) is 7.56. The smallest absolute Gasteiger partial charge is 0.387 e. The Morgan fingerprint density at radius 3 is 2.60 bits per heavy atom. The van der Waals surface area contributed by atoms with Crippen LogP contribution in [0.1, 0.15) is 21.5 Å². The van der Waals surface area contributed by atoms with E-state index < -0.39 is 18.3 Å². The maximum atomic E-state index is 13.2. The maximum Gasteiger partial charge on any atom is 0.387 e. The molecule has 0 fully saturated rings. The van der Waals surface area contributed by atoms with Crippen LogP contribution in [0.2, 0.25) is 0 Å². The number of nitrogens with one attached hydrogen (secondary N) is 1. The van der Waals surface area contributed by atoms with Crippen molar-refractivity contribution >= 4 is 5.91 Å². The van der Waals surface area contributed by atoms with Gasteiger partial charge in [-0.3, -0.25) is 4.79 Å². The van der Waals surface area contributed by atoms with E-state index in [1.54, 1.807) is 13.0 Å². The molecule has 0 bridgehead atoms. The first-order chi connectivity index (χ1) is 11.9. The monoisotopic (exact) mass is 353 g/mol. The summed E-state index contributed by atoms with van der Waals surface area (Å²) in [5.41, 5.74) is 1.61. The van der Waals surface area contributed by atoms with E-state index in [2.05, 4.69) is 10.1 Å². The van der Waals surface area contributed by atoms with Crippen molar-refractivity contribution in [3.8, 4) is 11.5 Å². The van der Waals surface area contributed by atoms with Crippen LogP contribution in [0, 0.1) is 12.7 Å². The molecule has 2 aromatic rings. The lowest BCUT2D eigenvalue weighted by atomic mass is 10.1. The molecule has 0 spiro atoms. The summed E-state index contributed by atoms with van der Waals surface area (Å²) in [6.45, 7) is -0.985. The van der Waals surface area contributed by atoms with Crippen LogP contribution in [0.5, 0.6) is 11.5 Å². The molecule has 0 heterocycles. The van der Waals surface area contributed by atoms with Gasteiger partial charge in [0.05, 0.1) is 7.11 Å². The second kappa shape index (κ2) is 8.41. The molecular weight excluding hydrogens is 335 g/mol. The van der Waals surface area contributed by atoms with Gasteiger partial charge in [-0.15, -0.1) is 0 Å². The van der Waals surface area contributed by atoms with E-state index in [0.29, 0.717) is 17.5 Å². The Hall–Kier alpha value is -2.70. The molecule has 2 aromatic carbocycles. The third-order valence-electron chi connectivity index (χ3n) is 3.59. The van der Waals surface area contributed by atoms with E-state index in [9.17, 15) is 18.0 Å². The highest BCUT2D eigenvalue weighted by Crippen LogP contribution is 2.29. The van der Waals surface area contributed by atoms with Crippen LogP contribution < -0.4 is 14.8 Å². The number of carbonyl (C=O) groups is 1. The van der Waals surface area contributed by atoms with Gasteiger partial charge in [0.15, 0.2) is 11.5 Å². The molecule has 1 N–H and O–H groups in total. The van der Waals surface area contributed by atoms with Gasteiger partial charge in [0.2, 0.25) is 0 Å². The highest BCUT2D eigenvalue weighted by atomic mass is 19.3. The molecule has 134 valence electrons. The number of hydrogen-bond donors (Lipinski definition) is 1. The van der Waals surface area contributed by atoms with Crippen molar-refractivity contribution in [3.63, 3.8) is 0 Å². The van der Waals surface area contributed by atoms with Gasteiger partial charge in [-0.25, -0.2) is 4.39 Å². The molecule has 4 nitrogen and oxygen atoms in total. The third-order valence-corrected chi connectivity index (χ3v) is 3.59. The number of rotatable bonds is 7. The summed E-state index contributed by atoms with van der Waals surface area (Å²) < 4.78 is 47.5. The minimum atomic E-state index is -2.96. The molecule has 0 unspecified atom stereocenters. The van der Waals surface area contributed by atoms with Crippen LogP contribution >= 0.6 is 0 Å². The molecule has 25 heavy (non-hydrogen) atoms. The molecule has 1 amide bonds. The standard InChI is InChI=1S/C18H18F3NO3/c1-11-3-5-13(19)10-14(11)17(23)22-8-7-12-4-6-15(24-2)16(9-12)25-18(20)21/h3-6,9-10,18H,7-8H2,1-2H3,(H,22,23). The van der Waals surface area contributed by atoms with Crippen LogP contribution in [-0.2, 0) is 6.42 Å². The van der Waals surface area contributed by atoms with Gasteiger partial charge in [-0.05, 0) is 48.7 Å². The van der Waals surface area contributed by atoms with Crippen molar-refractivity contribution in [3.05, 3.63) is 58.9 Å². The minimum Gasteiger partial charge on any atom is -0.493 e. The average molecular weight is 353 g/mol. The maximum absolute atomic E-state index is 13.2. The average Bonchev–Trinajstić information content (AvgIpc) is 2.56. The van der Waals surface area contributed by atoms with Crippen molar-refractivity contribution < 1.29 is 27.4 Å². The fourth-order valence-electron chi connectivity index (χ4n) is 2.32. The number of alkyl halides is 2. The molecule has 0 aliphatic rings. The normalized spacial score (nSPS) is 10.6. The fraction of sp³-hybridized carbons (Fsp3) is 0.278. The summed E-state index contributed by atoms with van der Waals surface area (Å²) in [5, 5.41) is 2.68. The van der Waals surface area contributed by atoms with Gasteiger partial charge in [-0.2, -0.15) is 8.78 Å². The van der Waals surface area contributed by atoms with Gasteiger partial charge < -0.3 is 14.8 Å². The molecule has 0 saturated carbocycles. The molecule has 0 saturated heterocycles. The zero-order chi connectivity index (χ0) is 18.4. The second-order valence-corrected chi connectivity index (χ2v) is 5.33.